The van der Waals surface area contributed by atoms with Crippen molar-refractivity contribution in [1.29, 1.82) is 0 Å². The van der Waals surface area contributed by atoms with Crippen molar-refractivity contribution in [2.75, 3.05) is 13.1 Å². The topological polar surface area (TPSA) is 76.0 Å². The van der Waals surface area contributed by atoms with Gasteiger partial charge in [-0.25, -0.2) is 4.98 Å². The number of imidazole rings is 1. The van der Waals surface area contributed by atoms with Crippen molar-refractivity contribution in [2.24, 2.45) is 0 Å². The molecule has 6 nitrogen and oxygen atoms in total. The predicted molar refractivity (Wildman–Crippen MR) is 94.7 cm³/mol. The molecule has 6 heteroatoms. The zero-order chi connectivity index (χ0) is 17.5. The molecule has 0 aliphatic rings. The van der Waals surface area contributed by atoms with Crippen LogP contribution < -0.4 is 10.6 Å². The van der Waals surface area contributed by atoms with Gasteiger partial charge in [0.1, 0.15) is 0 Å². The average molecular weight is 334 g/mol. The van der Waals surface area contributed by atoms with Crippen LogP contribution in [0.1, 0.15) is 20.7 Å². The molecule has 0 bridgehead atoms. The molecule has 0 saturated carbocycles. The van der Waals surface area contributed by atoms with Crippen molar-refractivity contribution in [3.63, 3.8) is 0 Å². The van der Waals surface area contributed by atoms with Gasteiger partial charge in [-0.2, -0.15) is 0 Å². The number of nitrogens with one attached hydrogen (secondary N) is 2. The first kappa shape index (κ1) is 16.4. The molecule has 25 heavy (non-hydrogen) atoms. The summed E-state index contributed by atoms with van der Waals surface area (Å²) in [6, 6.07) is 16.2. The molecule has 0 fully saturated rings. The number of benzene rings is 2. The monoisotopic (exact) mass is 334 g/mol. The Hall–Kier alpha value is -3.41. The quantitative estimate of drug-likeness (QED) is 0.677. The van der Waals surface area contributed by atoms with Crippen LogP contribution in [0, 0.1) is 0 Å². The van der Waals surface area contributed by atoms with Crippen LogP contribution in [0.2, 0.25) is 0 Å². The molecule has 0 radical (unpaired) electrons. The van der Waals surface area contributed by atoms with Crippen LogP contribution in [0.3, 0.4) is 0 Å². The minimum atomic E-state index is -0.175. The average Bonchev–Trinajstić information content (AvgIpc) is 3.20. The maximum absolute atomic E-state index is 12.1. The Morgan fingerprint density at radius 2 is 1.44 bits per heavy atom. The lowest BCUT2D eigenvalue weighted by molar-refractivity contribution is 0.0927. The molecule has 3 rings (SSSR count). The highest BCUT2D eigenvalue weighted by atomic mass is 16.2. The third kappa shape index (κ3) is 4.32. The fourth-order valence-corrected chi connectivity index (χ4v) is 2.34. The van der Waals surface area contributed by atoms with Crippen molar-refractivity contribution in [2.45, 2.75) is 0 Å². The Morgan fingerprint density at radius 1 is 0.840 bits per heavy atom. The summed E-state index contributed by atoms with van der Waals surface area (Å²) in [5.74, 6) is -0.328. The first-order valence-corrected chi connectivity index (χ1v) is 7.94. The molecular formula is C19H18N4O2. The van der Waals surface area contributed by atoms with E-state index in [4.69, 9.17) is 0 Å². The number of rotatable bonds is 6. The van der Waals surface area contributed by atoms with Gasteiger partial charge in [-0.1, -0.05) is 18.2 Å². The standard InChI is InChI=1S/C19H18N4O2/c24-18(15-4-2-1-3-5-15)21-10-11-22-19(25)16-6-8-17(9-7-16)23-13-12-20-14-23/h1-9,12-14H,10-11H2,(H,21,24)(H,22,25). The number of nitrogens with zero attached hydrogens (tertiary/aromatic N) is 2. The summed E-state index contributed by atoms with van der Waals surface area (Å²) >= 11 is 0. The van der Waals surface area contributed by atoms with E-state index in [0.717, 1.165) is 5.69 Å². The molecule has 0 unspecified atom stereocenters. The Kier molecular flexibility index (Phi) is 5.21. The van der Waals surface area contributed by atoms with Crippen LogP contribution in [-0.2, 0) is 0 Å². The molecule has 2 aromatic carbocycles. The molecule has 1 heterocycles. The molecule has 2 N–H and O–H groups in total. The number of carbonyl (C=O) groups is 2. The van der Waals surface area contributed by atoms with Crippen molar-refractivity contribution in [3.05, 3.63) is 84.4 Å². The van der Waals surface area contributed by atoms with E-state index in [-0.39, 0.29) is 11.8 Å². The maximum Gasteiger partial charge on any atom is 0.251 e. The molecule has 3 aromatic rings. The van der Waals surface area contributed by atoms with Gasteiger partial charge in [0.2, 0.25) is 0 Å². The van der Waals surface area contributed by atoms with E-state index in [1.54, 1.807) is 36.8 Å². The summed E-state index contributed by atoms with van der Waals surface area (Å²) in [4.78, 5) is 28.0. The van der Waals surface area contributed by atoms with Crippen molar-refractivity contribution in [3.8, 4) is 5.69 Å². The summed E-state index contributed by atoms with van der Waals surface area (Å²) in [5, 5.41) is 5.56. The van der Waals surface area contributed by atoms with Gasteiger partial charge in [0.15, 0.2) is 0 Å². The van der Waals surface area contributed by atoms with E-state index in [1.807, 2.05) is 41.1 Å². The van der Waals surface area contributed by atoms with Crippen molar-refractivity contribution >= 4 is 11.8 Å². The van der Waals surface area contributed by atoms with Crippen LogP contribution in [0.5, 0.6) is 0 Å². The maximum atomic E-state index is 12.1. The Labute approximate surface area is 145 Å². The predicted octanol–water partition coefficient (Wildman–Crippen LogP) is 2.03. The molecule has 0 saturated heterocycles. The smallest absolute Gasteiger partial charge is 0.251 e. The molecule has 2 amide bonds. The Morgan fingerprint density at radius 3 is 2.00 bits per heavy atom. The molecular weight excluding hydrogens is 316 g/mol. The van der Waals surface area contributed by atoms with Gasteiger partial charge < -0.3 is 15.2 Å². The molecule has 0 aliphatic heterocycles. The zero-order valence-corrected chi connectivity index (χ0v) is 13.6. The van der Waals surface area contributed by atoms with Gasteiger partial charge >= 0.3 is 0 Å². The third-order valence-corrected chi connectivity index (χ3v) is 3.66. The molecule has 126 valence electrons. The van der Waals surface area contributed by atoms with Gasteiger partial charge in [0.05, 0.1) is 6.33 Å². The van der Waals surface area contributed by atoms with Gasteiger partial charge in [-0.05, 0) is 36.4 Å². The number of hydrogen-bond acceptors (Lipinski definition) is 3. The lowest BCUT2D eigenvalue weighted by Gasteiger charge is -2.08. The summed E-state index contributed by atoms with van der Waals surface area (Å²) in [6.07, 6.45) is 5.24. The van der Waals surface area contributed by atoms with Crippen molar-refractivity contribution in [1.82, 2.24) is 20.2 Å². The lowest BCUT2D eigenvalue weighted by Crippen LogP contribution is -2.34. The van der Waals surface area contributed by atoms with Crippen LogP contribution in [-0.4, -0.2) is 34.5 Å². The van der Waals surface area contributed by atoms with Crippen molar-refractivity contribution < 1.29 is 9.59 Å². The van der Waals surface area contributed by atoms with Crippen LogP contribution in [0.25, 0.3) is 5.69 Å². The number of hydrogen-bond donors (Lipinski definition) is 2. The van der Waals surface area contributed by atoms with Gasteiger partial charge in [-0.3, -0.25) is 9.59 Å². The minimum absolute atomic E-state index is 0.153. The van der Waals surface area contributed by atoms with Crippen LogP contribution in [0.15, 0.2) is 73.3 Å². The lowest BCUT2D eigenvalue weighted by atomic mass is 10.2. The normalized spacial score (nSPS) is 10.2. The fraction of sp³-hybridized carbons (Fsp3) is 0.105. The summed E-state index contributed by atoms with van der Waals surface area (Å²) < 4.78 is 1.86. The van der Waals surface area contributed by atoms with E-state index >= 15 is 0 Å². The van der Waals surface area contributed by atoms with E-state index in [2.05, 4.69) is 15.6 Å². The third-order valence-electron chi connectivity index (χ3n) is 3.66. The minimum Gasteiger partial charge on any atom is -0.350 e. The largest absolute Gasteiger partial charge is 0.350 e. The van der Waals surface area contributed by atoms with Gasteiger partial charge in [0.25, 0.3) is 11.8 Å². The summed E-state index contributed by atoms with van der Waals surface area (Å²) in [5.41, 5.74) is 2.10. The number of amides is 2. The second-order valence-electron chi connectivity index (χ2n) is 5.39. The second-order valence-corrected chi connectivity index (χ2v) is 5.39. The highest BCUT2D eigenvalue weighted by Crippen LogP contribution is 2.09. The summed E-state index contributed by atoms with van der Waals surface area (Å²) in [6.45, 7) is 0.729. The van der Waals surface area contributed by atoms with Crippen LogP contribution in [0.4, 0.5) is 0 Å². The van der Waals surface area contributed by atoms with E-state index in [9.17, 15) is 9.59 Å². The number of aromatic nitrogens is 2. The highest BCUT2D eigenvalue weighted by molar-refractivity contribution is 5.95. The second kappa shape index (κ2) is 7.92. The van der Waals surface area contributed by atoms with Crippen LogP contribution >= 0.6 is 0 Å². The first-order valence-electron chi connectivity index (χ1n) is 7.94. The number of carbonyl (C=O) groups excluding carboxylic acids is 2. The SMILES string of the molecule is O=C(NCCNC(=O)c1ccc(-n2ccnc2)cc1)c1ccccc1. The zero-order valence-electron chi connectivity index (χ0n) is 13.6. The molecule has 0 aliphatic carbocycles. The fourth-order valence-electron chi connectivity index (χ4n) is 2.34. The molecule has 0 spiro atoms. The summed E-state index contributed by atoms with van der Waals surface area (Å²) in [7, 11) is 0. The highest BCUT2D eigenvalue weighted by Gasteiger charge is 2.06. The Balaban J connectivity index is 1.46. The van der Waals surface area contributed by atoms with E-state index in [1.165, 1.54) is 0 Å². The molecule has 0 atom stereocenters. The van der Waals surface area contributed by atoms with Gasteiger partial charge in [-0.15, -0.1) is 0 Å². The Bertz CT molecular complexity index is 828. The van der Waals surface area contributed by atoms with E-state index < -0.39 is 0 Å². The first-order chi connectivity index (χ1) is 12.2. The van der Waals surface area contributed by atoms with Gasteiger partial charge in [0, 0.05) is 42.3 Å². The molecule has 1 aromatic heterocycles. The van der Waals surface area contributed by atoms with E-state index in [0.29, 0.717) is 24.2 Å².